The predicted molar refractivity (Wildman–Crippen MR) is 70.7 cm³/mol. The number of nitrogens with one attached hydrogen (secondary N) is 1. The Morgan fingerprint density at radius 2 is 1.84 bits per heavy atom. The van der Waals surface area contributed by atoms with E-state index >= 15 is 0 Å². The molecule has 19 heavy (non-hydrogen) atoms. The van der Waals surface area contributed by atoms with Crippen LogP contribution in [0.25, 0.3) is 0 Å². The zero-order valence-corrected chi connectivity index (χ0v) is 11.0. The number of rotatable bonds is 2. The minimum absolute atomic E-state index is 0.0871. The molecule has 0 saturated heterocycles. The maximum Gasteiger partial charge on any atom is 0.254 e. The van der Waals surface area contributed by atoms with Gasteiger partial charge < -0.3 is 4.98 Å². The Kier molecular flexibility index (Phi) is 2.55. The number of benzene rings is 1. The molecule has 0 atom stereocenters. The summed E-state index contributed by atoms with van der Waals surface area (Å²) in [7, 11) is 0. The van der Waals surface area contributed by atoms with Gasteiger partial charge in [-0.3, -0.25) is 4.79 Å². The van der Waals surface area contributed by atoms with Crippen LogP contribution in [0.5, 0.6) is 0 Å². The van der Waals surface area contributed by atoms with E-state index in [1.807, 2.05) is 6.92 Å². The summed E-state index contributed by atoms with van der Waals surface area (Å²) in [4.78, 5) is 19.3. The SMILES string of the molecule is Cc1nc(C2(c3ccc(F)cc3)CC2)[nH]c(=O)c1C. The van der Waals surface area contributed by atoms with Crippen molar-refractivity contribution >= 4 is 0 Å². The molecule has 3 rings (SSSR count). The lowest BCUT2D eigenvalue weighted by molar-refractivity contribution is 0.625. The summed E-state index contributed by atoms with van der Waals surface area (Å²) in [6.07, 6.45) is 1.87. The lowest BCUT2D eigenvalue weighted by atomic mass is 9.95. The number of aromatic nitrogens is 2. The van der Waals surface area contributed by atoms with Crippen LogP contribution in [0.2, 0.25) is 0 Å². The molecule has 2 aromatic rings. The lowest BCUT2D eigenvalue weighted by Crippen LogP contribution is -2.22. The molecule has 0 radical (unpaired) electrons. The standard InChI is InChI=1S/C15H15FN2O/c1-9-10(2)17-14(18-13(9)19)15(7-8-15)11-3-5-12(16)6-4-11/h3-6H,7-8H2,1-2H3,(H,17,18,19). The molecule has 1 aliphatic carbocycles. The number of hydrogen-bond acceptors (Lipinski definition) is 2. The molecule has 0 aliphatic heterocycles. The molecule has 0 bridgehead atoms. The van der Waals surface area contributed by atoms with Crippen molar-refractivity contribution < 1.29 is 4.39 Å². The molecule has 0 unspecified atom stereocenters. The van der Waals surface area contributed by atoms with Gasteiger partial charge in [-0.15, -0.1) is 0 Å². The van der Waals surface area contributed by atoms with Gasteiger partial charge in [0.05, 0.1) is 5.41 Å². The van der Waals surface area contributed by atoms with Gasteiger partial charge in [-0.2, -0.15) is 0 Å². The summed E-state index contributed by atoms with van der Waals surface area (Å²) in [5, 5.41) is 0. The second kappa shape index (κ2) is 4.02. The molecule has 1 aliphatic rings. The Hall–Kier alpha value is -1.97. The van der Waals surface area contributed by atoms with Crippen LogP contribution in [0, 0.1) is 19.7 Å². The number of aromatic amines is 1. The second-order valence-corrected chi connectivity index (χ2v) is 5.21. The smallest absolute Gasteiger partial charge is 0.254 e. The fraction of sp³-hybridized carbons (Fsp3) is 0.333. The highest BCUT2D eigenvalue weighted by Crippen LogP contribution is 2.51. The molecule has 98 valence electrons. The normalized spacial score (nSPS) is 16.4. The largest absolute Gasteiger partial charge is 0.310 e. The van der Waals surface area contributed by atoms with Crippen molar-refractivity contribution in [2.75, 3.05) is 0 Å². The van der Waals surface area contributed by atoms with Crippen LogP contribution < -0.4 is 5.56 Å². The summed E-state index contributed by atoms with van der Waals surface area (Å²) >= 11 is 0. The maximum absolute atomic E-state index is 13.0. The van der Waals surface area contributed by atoms with Crippen LogP contribution >= 0.6 is 0 Å². The Morgan fingerprint density at radius 1 is 1.21 bits per heavy atom. The minimum atomic E-state index is -0.249. The van der Waals surface area contributed by atoms with Crippen molar-refractivity contribution in [3.63, 3.8) is 0 Å². The molecule has 1 saturated carbocycles. The minimum Gasteiger partial charge on any atom is -0.310 e. The Labute approximate surface area is 110 Å². The van der Waals surface area contributed by atoms with Gasteiger partial charge in [0.2, 0.25) is 0 Å². The highest BCUT2D eigenvalue weighted by molar-refractivity contribution is 5.39. The molecule has 0 amide bonds. The van der Waals surface area contributed by atoms with Gasteiger partial charge in [0, 0.05) is 11.3 Å². The van der Waals surface area contributed by atoms with E-state index in [4.69, 9.17) is 0 Å². The molecule has 1 aromatic heterocycles. The fourth-order valence-corrected chi connectivity index (χ4v) is 2.43. The van der Waals surface area contributed by atoms with Crippen LogP contribution in [0.1, 0.15) is 35.5 Å². The highest BCUT2D eigenvalue weighted by Gasteiger charge is 2.48. The number of nitrogens with zero attached hydrogens (tertiary/aromatic N) is 1. The van der Waals surface area contributed by atoms with Gasteiger partial charge in [-0.05, 0) is 44.4 Å². The third kappa shape index (κ3) is 1.87. The molecule has 1 aromatic carbocycles. The Bertz CT molecular complexity index is 684. The lowest BCUT2D eigenvalue weighted by Gasteiger charge is -2.16. The zero-order chi connectivity index (χ0) is 13.6. The van der Waals surface area contributed by atoms with Crippen LogP contribution in [-0.4, -0.2) is 9.97 Å². The summed E-state index contributed by atoms with van der Waals surface area (Å²) in [6, 6.07) is 6.46. The summed E-state index contributed by atoms with van der Waals surface area (Å²) in [6.45, 7) is 3.61. The first-order valence-corrected chi connectivity index (χ1v) is 6.37. The van der Waals surface area contributed by atoms with E-state index in [2.05, 4.69) is 9.97 Å². The van der Waals surface area contributed by atoms with Crippen LogP contribution in [0.3, 0.4) is 0 Å². The summed E-state index contributed by atoms with van der Waals surface area (Å²) in [5.41, 5.74) is 2.10. The van der Waals surface area contributed by atoms with E-state index < -0.39 is 0 Å². The van der Waals surface area contributed by atoms with E-state index in [0.717, 1.165) is 24.1 Å². The van der Waals surface area contributed by atoms with E-state index in [-0.39, 0.29) is 16.8 Å². The van der Waals surface area contributed by atoms with Crippen molar-refractivity contribution in [3.8, 4) is 0 Å². The van der Waals surface area contributed by atoms with E-state index in [9.17, 15) is 9.18 Å². The average Bonchev–Trinajstić information content (AvgIpc) is 3.18. The second-order valence-electron chi connectivity index (χ2n) is 5.21. The Balaban J connectivity index is 2.11. The van der Waals surface area contributed by atoms with Crippen molar-refractivity contribution in [2.24, 2.45) is 0 Å². The molecule has 1 heterocycles. The highest BCUT2D eigenvalue weighted by atomic mass is 19.1. The molecule has 0 spiro atoms. The van der Waals surface area contributed by atoms with Crippen molar-refractivity contribution in [1.82, 2.24) is 9.97 Å². The van der Waals surface area contributed by atoms with Gasteiger partial charge in [0.1, 0.15) is 11.6 Å². The topological polar surface area (TPSA) is 45.8 Å². The molecule has 1 N–H and O–H groups in total. The summed E-state index contributed by atoms with van der Waals surface area (Å²) < 4.78 is 13.0. The van der Waals surface area contributed by atoms with E-state index in [0.29, 0.717) is 11.4 Å². The number of H-pyrrole nitrogens is 1. The number of hydrogen-bond donors (Lipinski definition) is 1. The van der Waals surface area contributed by atoms with Crippen molar-refractivity contribution in [2.45, 2.75) is 32.1 Å². The van der Waals surface area contributed by atoms with Crippen LogP contribution in [0.4, 0.5) is 4.39 Å². The van der Waals surface area contributed by atoms with Crippen molar-refractivity contribution in [3.05, 3.63) is 63.1 Å². The third-order valence-corrected chi connectivity index (χ3v) is 3.99. The van der Waals surface area contributed by atoms with Crippen LogP contribution in [0.15, 0.2) is 29.1 Å². The number of aryl methyl sites for hydroxylation is 1. The first-order valence-electron chi connectivity index (χ1n) is 6.37. The average molecular weight is 258 g/mol. The monoisotopic (exact) mass is 258 g/mol. The van der Waals surface area contributed by atoms with E-state index in [1.54, 1.807) is 19.1 Å². The first kappa shape index (κ1) is 12.1. The third-order valence-electron chi connectivity index (χ3n) is 3.99. The molecule has 1 fully saturated rings. The van der Waals surface area contributed by atoms with Gasteiger partial charge >= 0.3 is 0 Å². The molecule has 4 heteroatoms. The first-order chi connectivity index (χ1) is 9.03. The van der Waals surface area contributed by atoms with Gasteiger partial charge in [-0.25, -0.2) is 9.37 Å². The predicted octanol–water partition coefficient (Wildman–Crippen LogP) is 2.61. The molecular weight excluding hydrogens is 243 g/mol. The number of halogens is 1. The quantitative estimate of drug-likeness (QED) is 0.900. The zero-order valence-electron chi connectivity index (χ0n) is 11.0. The Morgan fingerprint density at radius 3 is 2.37 bits per heavy atom. The fourth-order valence-electron chi connectivity index (χ4n) is 2.43. The molecule has 3 nitrogen and oxygen atoms in total. The van der Waals surface area contributed by atoms with Crippen LogP contribution in [-0.2, 0) is 5.41 Å². The van der Waals surface area contributed by atoms with Crippen molar-refractivity contribution in [1.29, 1.82) is 0 Å². The van der Waals surface area contributed by atoms with Gasteiger partial charge in [-0.1, -0.05) is 12.1 Å². The maximum atomic E-state index is 13.0. The van der Waals surface area contributed by atoms with E-state index in [1.165, 1.54) is 12.1 Å². The summed E-state index contributed by atoms with van der Waals surface area (Å²) in [5.74, 6) is 0.452. The molecular formula is C15H15FN2O. The van der Waals surface area contributed by atoms with Gasteiger partial charge in [0.15, 0.2) is 0 Å². The van der Waals surface area contributed by atoms with Gasteiger partial charge in [0.25, 0.3) is 5.56 Å².